The predicted octanol–water partition coefficient (Wildman–Crippen LogP) is 3.50. The number of amides is 1. The minimum Gasteiger partial charge on any atom is -0.495 e. The topological polar surface area (TPSA) is 135 Å². The molecule has 3 aliphatic rings. The Morgan fingerprint density at radius 3 is 2.63 bits per heavy atom. The number of halogens is 1. The van der Waals surface area contributed by atoms with Crippen molar-refractivity contribution in [1.82, 2.24) is 14.9 Å². The van der Waals surface area contributed by atoms with Gasteiger partial charge >= 0.3 is 6.09 Å². The Balaban J connectivity index is 1.34. The van der Waals surface area contributed by atoms with E-state index in [-0.39, 0.29) is 24.0 Å². The number of nitrogens with zero attached hydrogens (tertiary/aromatic N) is 3. The average molecular weight is 543 g/mol. The fourth-order valence-electron chi connectivity index (χ4n) is 5.84. The Bertz CT molecular complexity index is 1230. The third-order valence-electron chi connectivity index (χ3n) is 7.46. The molecule has 0 unspecified atom stereocenters. The maximum absolute atomic E-state index is 11.5. The van der Waals surface area contributed by atoms with Crippen molar-refractivity contribution < 1.29 is 19.4 Å². The van der Waals surface area contributed by atoms with Crippen molar-refractivity contribution in [2.75, 3.05) is 37.4 Å². The van der Waals surface area contributed by atoms with Crippen molar-refractivity contribution in [2.45, 2.75) is 50.9 Å². The first kappa shape index (κ1) is 26.5. The molecule has 0 radical (unpaired) electrons. The number of β-amino-alcohol motifs (C(OH)–C–C–N with tert-alkyl or cyclic N) is 1. The smallest absolute Gasteiger partial charge is 0.404 e. The molecular weight excluding hydrogens is 508 g/mol. The predicted molar refractivity (Wildman–Crippen MR) is 146 cm³/mol. The molecule has 5 N–H and O–H groups in total. The maximum Gasteiger partial charge on any atom is 0.404 e. The van der Waals surface area contributed by atoms with E-state index in [4.69, 9.17) is 26.8 Å². The first-order chi connectivity index (χ1) is 18.1. The van der Waals surface area contributed by atoms with E-state index >= 15 is 0 Å². The van der Waals surface area contributed by atoms with Crippen LogP contribution in [-0.4, -0.2) is 70.6 Å². The summed E-state index contributed by atoms with van der Waals surface area (Å²) in [6.45, 7) is 6.04. The zero-order valence-electron chi connectivity index (χ0n) is 21.9. The Morgan fingerprint density at radius 1 is 1.24 bits per heavy atom. The van der Waals surface area contributed by atoms with Crippen LogP contribution >= 0.6 is 11.6 Å². The van der Waals surface area contributed by atoms with Crippen LogP contribution in [-0.2, 0) is 17.6 Å². The Hall–Kier alpha value is -3.08. The summed E-state index contributed by atoms with van der Waals surface area (Å²) in [5, 5.41) is 17.3. The van der Waals surface area contributed by atoms with Crippen LogP contribution in [0.25, 0.3) is 0 Å². The largest absolute Gasteiger partial charge is 0.495 e. The van der Waals surface area contributed by atoms with E-state index in [0.29, 0.717) is 29.1 Å². The zero-order valence-corrected chi connectivity index (χ0v) is 22.7. The summed E-state index contributed by atoms with van der Waals surface area (Å²) in [7, 11) is 1.64. The highest BCUT2D eigenvalue weighted by atomic mass is 35.5. The third kappa shape index (κ3) is 5.82. The number of anilines is 3. The number of hydrogen-bond donors (Lipinski definition) is 4. The van der Waals surface area contributed by atoms with Gasteiger partial charge in [0.1, 0.15) is 16.9 Å². The number of carbonyl (C=O) groups is 1. The number of ether oxygens (including phenoxy) is 2. The lowest BCUT2D eigenvalue weighted by atomic mass is 9.98. The van der Waals surface area contributed by atoms with Crippen molar-refractivity contribution in [3.05, 3.63) is 46.6 Å². The number of benzene rings is 1. The molecule has 4 atom stereocenters. The Labute approximate surface area is 227 Å². The summed E-state index contributed by atoms with van der Waals surface area (Å²) < 4.78 is 11.1. The number of hydrogen-bond acceptors (Lipinski definition) is 9. The second-order valence-electron chi connectivity index (χ2n) is 10.9. The molecule has 0 saturated heterocycles. The number of aliphatic hydroxyl groups is 1. The number of fused-ring (bicyclic) bond motifs is 3. The van der Waals surface area contributed by atoms with Crippen LogP contribution in [0.15, 0.2) is 30.5 Å². The SMILES string of the molecule is COc1cc2c(cc1Nc1ncc(Cl)c(N[C@H]3[C@@H](OC(N)=O)[C@@H]4C=C[C@H]3C4)n1)CCN(CC(C)(C)O)CC2. The summed E-state index contributed by atoms with van der Waals surface area (Å²) in [5.41, 5.74) is 7.79. The molecule has 0 spiro atoms. The van der Waals surface area contributed by atoms with Crippen LogP contribution in [0.1, 0.15) is 31.4 Å². The summed E-state index contributed by atoms with van der Waals surface area (Å²) in [5.74, 6) is 1.81. The first-order valence-electron chi connectivity index (χ1n) is 12.9. The van der Waals surface area contributed by atoms with Gasteiger partial charge in [-0.3, -0.25) is 4.90 Å². The molecule has 1 aromatic heterocycles. The number of rotatable bonds is 8. The third-order valence-corrected chi connectivity index (χ3v) is 7.74. The van der Waals surface area contributed by atoms with E-state index in [1.165, 1.54) is 17.3 Å². The van der Waals surface area contributed by atoms with Crippen LogP contribution in [0.4, 0.5) is 22.2 Å². The Morgan fingerprint density at radius 2 is 1.95 bits per heavy atom. The van der Waals surface area contributed by atoms with Gasteiger partial charge in [0.25, 0.3) is 0 Å². The molecule has 1 fully saturated rings. The van der Waals surface area contributed by atoms with E-state index in [9.17, 15) is 9.90 Å². The van der Waals surface area contributed by atoms with Gasteiger partial charge in [0.05, 0.1) is 30.6 Å². The number of aromatic nitrogens is 2. The van der Waals surface area contributed by atoms with Crippen LogP contribution < -0.4 is 21.1 Å². The monoisotopic (exact) mass is 542 g/mol. The molecule has 5 rings (SSSR count). The number of primary amides is 1. The minimum atomic E-state index is -0.794. The van der Waals surface area contributed by atoms with E-state index in [0.717, 1.165) is 38.0 Å². The number of nitrogens with one attached hydrogen (secondary N) is 2. The molecule has 2 bridgehead atoms. The van der Waals surface area contributed by atoms with E-state index < -0.39 is 11.7 Å². The van der Waals surface area contributed by atoms with Crippen molar-refractivity contribution in [2.24, 2.45) is 17.6 Å². The molecule has 11 heteroatoms. The van der Waals surface area contributed by atoms with Gasteiger partial charge in [-0.25, -0.2) is 9.78 Å². The van der Waals surface area contributed by atoms with Gasteiger partial charge in [0, 0.05) is 31.5 Å². The van der Waals surface area contributed by atoms with Crippen molar-refractivity contribution in [3.63, 3.8) is 0 Å². The zero-order chi connectivity index (χ0) is 27.0. The van der Waals surface area contributed by atoms with Crippen LogP contribution in [0.2, 0.25) is 5.02 Å². The molecule has 10 nitrogen and oxygen atoms in total. The molecule has 38 heavy (non-hydrogen) atoms. The van der Waals surface area contributed by atoms with E-state index in [1.807, 2.05) is 13.8 Å². The van der Waals surface area contributed by atoms with Crippen LogP contribution in [0, 0.1) is 11.8 Å². The molecular formula is C27H35ClN6O4. The summed E-state index contributed by atoms with van der Waals surface area (Å²) in [6, 6.07) is 3.96. The molecule has 1 saturated carbocycles. The molecule has 1 aliphatic heterocycles. The van der Waals surface area contributed by atoms with Crippen LogP contribution in [0.5, 0.6) is 5.75 Å². The number of carbonyl (C=O) groups excluding carboxylic acids is 1. The molecule has 1 aromatic carbocycles. The second kappa shape index (κ2) is 10.6. The van der Waals surface area contributed by atoms with Gasteiger partial charge in [0.2, 0.25) is 5.95 Å². The minimum absolute atomic E-state index is 0.117. The lowest BCUT2D eigenvalue weighted by molar-refractivity contribution is 0.0376. The van der Waals surface area contributed by atoms with Crippen molar-refractivity contribution in [3.8, 4) is 5.75 Å². The summed E-state index contributed by atoms with van der Waals surface area (Å²) in [6.07, 6.45) is 7.17. The van der Waals surface area contributed by atoms with Crippen LogP contribution in [0.3, 0.4) is 0 Å². The fraction of sp³-hybridized carbons (Fsp3) is 0.519. The molecule has 2 aliphatic carbocycles. The quantitative estimate of drug-likeness (QED) is 0.369. The van der Waals surface area contributed by atoms with Gasteiger partial charge in [-0.2, -0.15) is 4.98 Å². The summed E-state index contributed by atoms with van der Waals surface area (Å²) >= 11 is 6.45. The molecule has 204 valence electrons. The normalized spacial score (nSPS) is 24.6. The van der Waals surface area contributed by atoms with Gasteiger partial charge in [-0.05, 0) is 56.4 Å². The van der Waals surface area contributed by atoms with Gasteiger partial charge < -0.3 is 30.9 Å². The van der Waals surface area contributed by atoms with Crippen molar-refractivity contribution in [1.29, 1.82) is 0 Å². The standard InChI is InChI=1S/C27H35ClN6O4/c1-27(2,36)14-34-8-6-15-11-20(21(37-3)12-16(15)7-9-34)31-26-30-13-19(28)24(33-26)32-22-17-4-5-18(10-17)23(22)38-25(29)35/h4-5,11-13,17-18,22-23,36H,6-10,14H2,1-3H3,(H2,29,35)(H2,30,31,32,33)/t17-,18+,22+,23-/m0/s1. The van der Waals surface area contributed by atoms with Gasteiger partial charge in [-0.1, -0.05) is 23.8 Å². The highest BCUT2D eigenvalue weighted by molar-refractivity contribution is 6.32. The Kier molecular flexibility index (Phi) is 7.39. The number of nitrogens with two attached hydrogens (primary N) is 1. The number of methoxy groups -OCH3 is 1. The van der Waals surface area contributed by atoms with E-state index in [2.05, 4.69) is 49.8 Å². The molecule has 2 heterocycles. The average Bonchev–Trinajstić information content (AvgIpc) is 3.39. The van der Waals surface area contributed by atoms with Crippen molar-refractivity contribution >= 4 is 35.1 Å². The van der Waals surface area contributed by atoms with E-state index in [1.54, 1.807) is 7.11 Å². The maximum atomic E-state index is 11.5. The lowest BCUT2D eigenvalue weighted by Crippen LogP contribution is -2.41. The van der Waals surface area contributed by atoms with Gasteiger partial charge in [-0.15, -0.1) is 0 Å². The molecule has 2 aromatic rings. The fourth-order valence-corrected chi connectivity index (χ4v) is 5.99. The summed E-state index contributed by atoms with van der Waals surface area (Å²) in [4.78, 5) is 22.8. The second-order valence-corrected chi connectivity index (χ2v) is 11.4. The highest BCUT2D eigenvalue weighted by Gasteiger charge is 2.47. The van der Waals surface area contributed by atoms with Gasteiger partial charge in [0.15, 0.2) is 5.82 Å². The molecule has 1 amide bonds. The highest BCUT2D eigenvalue weighted by Crippen LogP contribution is 2.43. The first-order valence-corrected chi connectivity index (χ1v) is 13.3. The lowest BCUT2D eigenvalue weighted by Gasteiger charge is -2.28.